The fourth-order valence-corrected chi connectivity index (χ4v) is 2.32. The first kappa shape index (κ1) is 13.5. The number of aliphatic hydroxyl groups is 1. The summed E-state index contributed by atoms with van der Waals surface area (Å²) in [5, 5.41) is 21.4. The Balaban J connectivity index is 2.44. The maximum atomic E-state index is 9.24. The molecule has 0 aliphatic rings. The summed E-state index contributed by atoms with van der Waals surface area (Å²) in [6.45, 7) is 4.08. The molecule has 1 unspecified atom stereocenters. The summed E-state index contributed by atoms with van der Waals surface area (Å²) < 4.78 is 1.97. The molecular formula is C10H20N4OS. The smallest absolute Gasteiger partial charge is 0.190 e. The monoisotopic (exact) mass is 244 g/mol. The second-order valence-electron chi connectivity index (χ2n) is 4.16. The molecule has 0 saturated heterocycles. The average Bonchev–Trinajstić information content (AvgIpc) is 2.60. The molecule has 1 atom stereocenters. The van der Waals surface area contributed by atoms with E-state index in [1.165, 1.54) is 0 Å². The zero-order chi connectivity index (χ0) is 12.2. The van der Waals surface area contributed by atoms with Gasteiger partial charge >= 0.3 is 0 Å². The number of nitrogens with zero attached hydrogens (tertiary/aromatic N) is 3. The van der Waals surface area contributed by atoms with Crippen LogP contribution in [-0.2, 0) is 7.05 Å². The Kier molecular flexibility index (Phi) is 4.76. The van der Waals surface area contributed by atoms with Crippen molar-refractivity contribution in [2.75, 3.05) is 19.4 Å². The summed E-state index contributed by atoms with van der Waals surface area (Å²) >= 11 is 1.66. The zero-order valence-corrected chi connectivity index (χ0v) is 11.1. The summed E-state index contributed by atoms with van der Waals surface area (Å²) in [5.41, 5.74) is -0.208. The highest BCUT2D eigenvalue weighted by Gasteiger charge is 2.20. The normalized spacial score (nSPS) is 15.1. The first-order valence-electron chi connectivity index (χ1n) is 5.31. The van der Waals surface area contributed by atoms with E-state index in [0.717, 1.165) is 23.2 Å². The summed E-state index contributed by atoms with van der Waals surface area (Å²) in [6.07, 6.45) is 0.885. The Hall–Kier alpha value is -0.590. The van der Waals surface area contributed by atoms with E-state index in [9.17, 15) is 5.11 Å². The molecule has 0 bridgehead atoms. The maximum absolute atomic E-state index is 9.24. The average molecular weight is 244 g/mol. The Bertz CT molecular complexity index is 336. The van der Waals surface area contributed by atoms with Gasteiger partial charge in [0, 0.05) is 18.3 Å². The van der Waals surface area contributed by atoms with Gasteiger partial charge in [0.15, 0.2) is 5.16 Å². The molecular weight excluding hydrogens is 224 g/mol. The predicted molar refractivity (Wildman–Crippen MR) is 65.6 cm³/mol. The molecule has 16 heavy (non-hydrogen) atoms. The van der Waals surface area contributed by atoms with Gasteiger partial charge in [-0.15, -0.1) is 10.2 Å². The molecule has 0 amide bonds. The Labute approximate surface area is 101 Å². The van der Waals surface area contributed by atoms with E-state index in [1.807, 2.05) is 32.5 Å². The summed E-state index contributed by atoms with van der Waals surface area (Å²) in [6, 6.07) is 0. The van der Waals surface area contributed by atoms with Crippen LogP contribution >= 0.6 is 11.8 Å². The Morgan fingerprint density at radius 3 is 2.62 bits per heavy atom. The standard InChI is InChI=1S/C10H20N4OS/c1-8-12-13-9(14(8)4)16-6-5-10(2,7-15)11-3/h11,15H,5-7H2,1-4H3. The number of rotatable bonds is 6. The number of thioether (sulfide) groups is 1. The van der Waals surface area contributed by atoms with Crippen molar-refractivity contribution in [3.8, 4) is 0 Å². The highest BCUT2D eigenvalue weighted by molar-refractivity contribution is 7.99. The molecule has 0 spiro atoms. The molecule has 2 N–H and O–H groups in total. The third-order valence-corrected chi connectivity index (χ3v) is 3.91. The molecule has 5 nitrogen and oxygen atoms in total. The van der Waals surface area contributed by atoms with Gasteiger partial charge in [0.2, 0.25) is 0 Å². The third-order valence-electron chi connectivity index (χ3n) is 2.89. The molecule has 1 rings (SSSR count). The van der Waals surface area contributed by atoms with Gasteiger partial charge in [-0.05, 0) is 27.3 Å². The molecule has 1 aromatic rings. The number of aromatic nitrogens is 3. The van der Waals surface area contributed by atoms with Crippen molar-refractivity contribution in [1.82, 2.24) is 20.1 Å². The lowest BCUT2D eigenvalue weighted by Crippen LogP contribution is -2.43. The van der Waals surface area contributed by atoms with Crippen molar-refractivity contribution in [2.24, 2.45) is 7.05 Å². The number of aliphatic hydroxyl groups excluding tert-OH is 1. The van der Waals surface area contributed by atoms with Crippen LogP contribution in [0.15, 0.2) is 5.16 Å². The quantitative estimate of drug-likeness (QED) is 0.717. The second-order valence-corrected chi connectivity index (χ2v) is 5.22. The van der Waals surface area contributed by atoms with E-state index in [4.69, 9.17) is 0 Å². The lowest BCUT2D eigenvalue weighted by Gasteiger charge is -2.26. The van der Waals surface area contributed by atoms with Gasteiger partial charge in [-0.25, -0.2) is 0 Å². The molecule has 0 aliphatic heterocycles. The van der Waals surface area contributed by atoms with Crippen molar-refractivity contribution in [3.05, 3.63) is 5.82 Å². The zero-order valence-electron chi connectivity index (χ0n) is 10.3. The van der Waals surface area contributed by atoms with Crippen LogP contribution in [0.1, 0.15) is 19.2 Å². The topological polar surface area (TPSA) is 63.0 Å². The van der Waals surface area contributed by atoms with Gasteiger partial charge in [0.25, 0.3) is 0 Å². The molecule has 0 radical (unpaired) electrons. The largest absolute Gasteiger partial charge is 0.394 e. The fourth-order valence-electron chi connectivity index (χ4n) is 1.16. The van der Waals surface area contributed by atoms with Gasteiger partial charge in [-0.2, -0.15) is 0 Å². The molecule has 0 aliphatic carbocycles. The number of aryl methyl sites for hydroxylation is 1. The molecule has 92 valence electrons. The maximum Gasteiger partial charge on any atom is 0.190 e. The van der Waals surface area contributed by atoms with Crippen molar-refractivity contribution < 1.29 is 5.11 Å². The second kappa shape index (κ2) is 5.65. The van der Waals surface area contributed by atoms with Crippen LogP contribution in [0.5, 0.6) is 0 Å². The number of likely N-dealkylation sites (N-methyl/N-ethyl adjacent to an activating group) is 1. The van der Waals surface area contributed by atoms with Gasteiger partial charge in [0.1, 0.15) is 5.82 Å². The number of hydrogen-bond donors (Lipinski definition) is 2. The first-order chi connectivity index (χ1) is 7.52. The van der Waals surface area contributed by atoms with E-state index in [2.05, 4.69) is 15.5 Å². The van der Waals surface area contributed by atoms with E-state index in [1.54, 1.807) is 11.8 Å². The minimum Gasteiger partial charge on any atom is -0.394 e. The fraction of sp³-hybridized carbons (Fsp3) is 0.800. The lowest BCUT2D eigenvalue weighted by atomic mass is 10.0. The summed E-state index contributed by atoms with van der Waals surface area (Å²) in [4.78, 5) is 0. The minimum atomic E-state index is -0.208. The molecule has 1 aromatic heterocycles. The predicted octanol–water partition coefficient (Wildman–Crippen LogP) is 0.576. The summed E-state index contributed by atoms with van der Waals surface area (Å²) in [7, 11) is 3.83. The van der Waals surface area contributed by atoms with Crippen LogP contribution in [0, 0.1) is 6.92 Å². The van der Waals surface area contributed by atoms with E-state index >= 15 is 0 Å². The number of hydrogen-bond acceptors (Lipinski definition) is 5. The third kappa shape index (κ3) is 3.20. The molecule has 0 aromatic carbocycles. The van der Waals surface area contributed by atoms with Crippen molar-refractivity contribution in [1.29, 1.82) is 0 Å². The van der Waals surface area contributed by atoms with Crippen molar-refractivity contribution in [2.45, 2.75) is 31.0 Å². The highest BCUT2D eigenvalue weighted by Crippen LogP contribution is 2.19. The van der Waals surface area contributed by atoms with E-state index in [0.29, 0.717) is 0 Å². The highest BCUT2D eigenvalue weighted by atomic mass is 32.2. The number of nitrogens with one attached hydrogen (secondary N) is 1. The minimum absolute atomic E-state index is 0.141. The molecule has 6 heteroatoms. The lowest BCUT2D eigenvalue weighted by molar-refractivity contribution is 0.179. The van der Waals surface area contributed by atoms with Crippen LogP contribution < -0.4 is 5.32 Å². The van der Waals surface area contributed by atoms with E-state index < -0.39 is 0 Å². The van der Waals surface area contributed by atoms with Gasteiger partial charge in [-0.3, -0.25) is 0 Å². The van der Waals surface area contributed by atoms with Crippen LogP contribution in [0.25, 0.3) is 0 Å². The molecule has 0 saturated carbocycles. The molecule has 0 fully saturated rings. The van der Waals surface area contributed by atoms with Crippen LogP contribution in [-0.4, -0.2) is 44.8 Å². The Morgan fingerprint density at radius 1 is 1.50 bits per heavy atom. The van der Waals surface area contributed by atoms with Gasteiger partial charge in [0.05, 0.1) is 6.61 Å². The SMILES string of the molecule is CNC(C)(CO)CCSc1nnc(C)n1C. The Morgan fingerprint density at radius 2 is 2.19 bits per heavy atom. The summed E-state index contributed by atoms with van der Waals surface area (Å²) in [5.74, 6) is 1.82. The first-order valence-corrected chi connectivity index (χ1v) is 6.29. The van der Waals surface area contributed by atoms with Gasteiger partial charge in [-0.1, -0.05) is 11.8 Å². The van der Waals surface area contributed by atoms with Gasteiger partial charge < -0.3 is 15.0 Å². The van der Waals surface area contributed by atoms with Crippen molar-refractivity contribution in [3.63, 3.8) is 0 Å². The van der Waals surface area contributed by atoms with Crippen LogP contribution in [0.2, 0.25) is 0 Å². The van der Waals surface area contributed by atoms with E-state index in [-0.39, 0.29) is 12.1 Å². The van der Waals surface area contributed by atoms with Crippen LogP contribution in [0.3, 0.4) is 0 Å². The molecule has 1 heterocycles. The van der Waals surface area contributed by atoms with Crippen LogP contribution in [0.4, 0.5) is 0 Å². The van der Waals surface area contributed by atoms with Crippen molar-refractivity contribution >= 4 is 11.8 Å².